The quantitative estimate of drug-likeness (QED) is 0.294. The van der Waals surface area contributed by atoms with Gasteiger partial charge in [0.05, 0.1) is 32.2 Å². The van der Waals surface area contributed by atoms with Crippen molar-refractivity contribution in [3.05, 3.63) is 48.7 Å². The summed E-state index contributed by atoms with van der Waals surface area (Å²) < 4.78 is 18.1. The average molecular weight is 493 g/mol. The summed E-state index contributed by atoms with van der Waals surface area (Å²) >= 11 is 0. The van der Waals surface area contributed by atoms with E-state index in [1.165, 1.54) is 0 Å². The molecule has 1 unspecified atom stereocenters. The Morgan fingerprint density at radius 1 is 1.00 bits per heavy atom. The van der Waals surface area contributed by atoms with E-state index in [1.54, 1.807) is 31.2 Å². The number of hydrogen-bond donors (Lipinski definition) is 2. The van der Waals surface area contributed by atoms with E-state index in [2.05, 4.69) is 39.4 Å². The van der Waals surface area contributed by atoms with Crippen molar-refractivity contribution in [1.29, 1.82) is 0 Å². The predicted molar refractivity (Wildman–Crippen MR) is 137 cm³/mol. The zero-order valence-corrected chi connectivity index (χ0v) is 21.0. The molecule has 0 aliphatic rings. The van der Waals surface area contributed by atoms with Crippen molar-refractivity contribution in [3.8, 4) is 22.9 Å². The van der Waals surface area contributed by atoms with Crippen molar-refractivity contribution in [1.82, 2.24) is 25.0 Å². The van der Waals surface area contributed by atoms with Crippen molar-refractivity contribution in [2.75, 3.05) is 26.1 Å². The molecule has 0 amide bonds. The van der Waals surface area contributed by atoms with Crippen LogP contribution in [0.1, 0.15) is 33.1 Å². The highest BCUT2D eigenvalue weighted by Gasteiger charge is 2.13. The highest BCUT2D eigenvalue weighted by molar-refractivity contribution is 5.73. The molecule has 36 heavy (non-hydrogen) atoms. The molecule has 0 aliphatic carbocycles. The van der Waals surface area contributed by atoms with Gasteiger partial charge in [-0.3, -0.25) is 0 Å². The number of nitrogens with one attached hydrogen (secondary N) is 1. The molecule has 4 rings (SSSR count). The van der Waals surface area contributed by atoms with Crippen molar-refractivity contribution in [2.24, 2.45) is 5.92 Å². The lowest BCUT2D eigenvalue weighted by Gasteiger charge is -2.13. The van der Waals surface area contributed by atoms with E-state index in [-0.39, 0.29) is 6.61 Å². The lowest BCUT2D eigenvalue weighted by atomic mass is 10.0. The number of hydrogen-bond acceptors (Lipinski definition) is 9. The zero-order chi connectivity index (χ0) is 25.5. The number of nitrogens with zero attached hydrogens (tertiary/aromatic N) is 5. The number of methoxy groups -OCH3 is 2. The summed E-state index contributed by atoms with van der Waals surface area (Å²) in [6.07, 6.45) is 4.00. The highest BCUT2D eigenvalue weighted by Crippen LogP contribution is 2.30. The summed E-state index contributed by atoms with van der Waals surface area (Å²) in [7, 11) is 3.17. The molecule has 2 heterocycles. The highest BCUT2D eigenvalue weighted by atomic mass is 16.5. The zero-order valence-electron chi connectivity index (χ0n) is 21.0. The van der Waals surface area contributed by atoms with Crippen LogP contribution >= 0.6 is 0 Å². The van der Waals surface area contributed by atoms with Gasteiger partial charge in [-0.15, -0.1) is 5.10 Å². The van der Waals surface area contributed by atoms with Crippen molar-refractivity contribution < 1.29 is 19.3 Å². The van der Waals surface area contributed by atoms with Crippen LogP contribution < -0.4 is 19.5 Å². The van der Waals surface area contributed by atoms with Crippen LogP contribution in [0.15, 0.2) is 48.7 Å². The summed E-state index contributed by atoms with van der Waals surface area (Å²) in [5, 5.41) is 21.7. The Morgan fingerprint density at radius 2 is 1.78 bits per heavy atom. The van der Waals surface area contributed by atoms with Gasteiger partial charge in [-0.05, 0) is 48.7 Å². The number of anilines is 2. The van der Waals surface area contributed by atoms with Gasteiger partial charge in [0.1, 0.15) is 12.4 Å². The Morgan fingerprint density at radius 3 is 2.50 bits per heavy atom. The molecule has 0 fully saturated rings. The largest absolute Gasteiger partial charge is 0.493 e. The van der Waals surface area contributed by atoms with E-state index in [4.69, 9.17) is 14.2 Å². The molecule has 4 aromatic rings. The Hall–Kier alpha value is -3.92. The summed E-state index contributed by atoms with van der Waals surface area (Å²) in [5.41, 5.74) is 2.63. The van der Waals surface area contributed by atoms with Gasteiger partial charge in [0.25, 0.3) is 0 Å². The van der Waals surface area contributed by atoms with Gasteiger partial charge in [0.2, 0.25) is 5.95 Å². The monoisotopic (exact) mass is 492 g/mol. The first-order chi connectivity index (χ1) is 17.5. The molecule has 0 bridgehead atoms. The molecule has 0 saturated carbocycles. The van der Waals surface area contributed by atoms with Crippen LogP contribution in [0.5, 0.6) is 17.2 Å². The van der Waals surface area contributed by atoms with Gasteiger partial charge >= 0.3 is 0 Å². The van der Waals surface area contributed by atoms with Crippen LogP contribution in [0.3, 0.4) is 0 Å². The van der Waals surface area contributed by atoms with Crippen LogP contribution in [0.25, 0.3) is 16.9 Å². The second-order valence-corrected chi connectivity index (χ2v) is 8.88. The fourth-order valence-electron chi connectivity index (χ4n) is 3.72. The van der Waals surface area contributed by atoms with Crippen LogP contribution in [-0.4, -0.2) is 57.0 Å². The van der Waals surface area contributed by atoms with Crippen molar-refractivity contribution >= 4 is 22.8 Å². The number of aliphatic hydroxyl groups excluding tert-OH is 1. The Balaban J connectivity index is 1.42. The van der Waals surface area contributed by atoms with E-state index < -0.39 is 6.10 Å². The number of ether oxygens (including phenoxy) is 3. The van der Waals surface area contributed by atoms with Gasteiger partial charge < -0.3 is 24.6 Å². The molecule has 0 spiro atoms. The third-order valence-electron chi connectivity index (χ3n) is 5.68. The molecule has 2 N–H and O–H groups in total. The van der Waals surface area contributed by atoms with E-state index in [1.807, 2.05) is 36.4 Å². The number of aliphatic hydroxyl groups is 1. The Bertz CT molecular complexity index is 1280. The summed E-state index contributed by atoms with van der Waals surface area (Å²) in [6, 6.07) is 12.9. The second kappa shape index (κ2) is 11.7. The van der Waals surface area contributed by atoms with Gasteiger partial charge in [-0.1, -0.05) is 31.9 Å². The standard InChI is InChI=1S/C26H32N6O4/c1-17(2)6-5-7-20(33)16-36-21-11-8-18(9-12-21)28-26-27-15-22-25(29-26)32(31-30-22)19-10-13-23(34-3)24(14-19)35-4/h8-15,17,20,33H,5-7,16H2,1-4H3,(H,27,28,29). The van der Waals surface area contributed by atoms with Gasteiger partial charge in [0, 0.05) is 11.8 Å². The fraction of sp³-hybridized carbons (Fsp3) is 0.385. The topological polar surface area (TPSA) is 116 Å². The Labute approximate surface area is 210 Å². The first kappa shape index (κ1) is 25.2. The van der Waals surface area contributed by atoms with Crippen molar-refractivity contribution in [2.45, 2.75) is 39.2 Å². The minimum atomic E-state index is -0.467. The molecule has 0 saturated heterocycles. The van der Waals surface area contributed by atoms with Gasteiger partial charge in [-0.2, -0.15) is 9.67 Å². The summed E-state index contributed by atoms with van der Waals surface area (Å²) in [4.78, 5) is 8.95. The maximum absolute atomic E-state index is 10.1. The number of aromatic nitrogens is 5. The predicted octanol–water partition coefficient (Wildman–Crippen LogP) is 4.54. The van der Waals surface area contributed by atoms with Crippen molar-refractivity contribution in [3.63, 3.8) is 0 Å². The number of benzene rings is 2. The number of rotatable bonds is 12. The minimum Gasteiger partial charge on any atom is -0.493 e. The van der Waals surface area contributed by atoms with Crippen LogP contribution in [0, 0.1) is 5.92 Å². The van der Waals surface area contributed by atoms with Crippen LogP contribution in [0.2, 0.25) is 0 Å². The average Bonchev–Trinajstić information content (AvgIpc) is 3.31. The molecule has 1 atom stereocenters. The molecule has 0 aliphatic heterocycles. The lowest BCUT2D eigenvalue weighted by molar-refractivity contribution is 0.0968. The number of fused-ring (bicyclic) bond motifs is 1. The van der Waals surface area contributed by atoms with E-state index >= 15 is 0 Å². The fourth-order valence-corrected chi connectivity index (χ4v) is 3.72. The van der Waals surface area contributed by atoms with Crippen LogP contribution in [-0.2, 0) is 0 Å². The van der Waals surface area contributed by atoms with E-state index in [0.717, 1.165) is 30.6 Å². The smallest absolute Gasteiger partial charge is 0.229 e. The molecular weight excluding hydrogens is 460 g/mol. The maximum atomic E-state index is 10.1. The SMILES string of the molecule is COc1ccc(-n2nnc3cnc(Nc4ccc(OCC(O)CCCC(C)C)cc4)nc32)cc1OC. The first-order valence-electron chi connectivity index (χ1n) is 12.0. The van der Waals surface area contributed by atoms with Gasteiger partial charge in [0.15, 0.2) is 22.7 Å². The maximum Gasteiger partial charge on any atom is 0.229 e. The first-order valence-corrected chi connectivity index (χ1v) is 12.0. The molecule has 10 heteroatoms. The molecule has 2 aromatic heterocycles. The third kappa shape index (κ3) is 6.19. The molecular formula is C26H32N6O4. The molecule has 2 aromatic carbocycles. The molecule has 190 valence electrons. The molecule has 0 radical (unpaired) electrons. The van der Waals surface area contributed by atoms with E-state index in [9.17, 15) is 5.11 Å². The molecule has 10 nitrogen and oxygen atoms in total. The normalized spacial score (nSPS) is 12.1. The minimum absolute atomic E-state index is 0.276. The third-order valence-corrected chi connectivity index (χ3v) is 5.68. The summed E-state index contributed by atoms with van der Waals surface area (Å²) in [5.74, 6) is 2.94. The lowest BCUT2D eigenvalue weighted by Crippen LogP contribution is -2.17. The summed E-state index contributed by atoms with van der Waals surface area (Å²) in [6.45, 7) is 4.65. The second-order valence-electron chi connectivity index (χ2n) is 8.88. The van der Waals surface area contributed by atoms with Crippen LogP contribution in [0.4, 0.5) is 11.6 Å². The van der Waals surface area contributed by atoms with E-state index in [0.29, 0.717) is 40.3 Å². The Kier molecular flexibility index (Phi) is 8.17. The van der Waals surface area contributed by atoms with Gasteiger partial charge in [-0.25, -0.2) is 4.98 Å².